The van der Waals surface area contributed by atoms with Gasteiger partial charge in [-0.25, -0.2) is 4.79 Å². The maximum absolute atomic E-state index is 10.9. The monoisotopic (exact) mass is 248 g/mol. The minimum Gasteiger partial charge on any atom is -0.497 e. The highest BCUT2D eigenvalue weighted by Crippen LogP contribution is 2.11. The third kappa shape index (κ3) is 5.37. The molecular formula is C14H16O4. The standard InChI is InChI=1S/C14H16O4/c1-3-18-14(15)5-4-10-17-11-12-6-8-13(16-2)9-7-12/h6-9H,3,10-11H2,1-2H3. The fourth-order valence-corrected chi connectivity index (χ4v) is 1.22. The second-order valence-electron chi connectivity index (χ2n) is 3.36. The molecule has 0 atom stereocenters. The first-order chi connectivity index (χ1) is 8.76. The van der Waals surface area contributed by atoms with Crippen LogP contribution in [-0.4, -0.2) is 26.3 Å². The minimum atomic E-state index is -0.523. The Labute approximate surface area is 107 Å². The van der Waals surface area contributed by atoms with Crippen LogP contribution in [0, 0.1) is 11.8 Å². The second-order valence-corrected chi connectivity index (χ2v) is 3.36. The van der Waals surface area contributed by atoms with Gasteiger partial charge in [-0.2, -0.15) is 0 Å². The molecule has 0 spiro atoms. The second kappa shape index (κ2) is 8.15. The molecule has 0 heterocycles. The summed E-state index contributed by atoms with van der Waals surface area (Å²) in [5.74, 6) is 5.21. The normalized spacial score (nSPS) is 9.22. The number of methoxy groups -OCH3 is 1. The van der Waals surface area contributed by atoms with Crippen molar-refractivity contribution in [3.05, 3.63) is 29.8 Å². The van der Waals surface area contributed by atoms with E-state index in [0.29, 0.717) is 13.2 Å². The molecule has 0 saturated carbocycles. The lowest BCUT2D eigenvalue weighted by molar-refractivity contribution is -0.136. The van der Waals surface area contributed by atoms with Crippen LogP contribution in [0.5, 0.6) is 5.75 Å². The summed E-state index contributed by atoms with van der Waals surface area (Å²) in [6.07, 6.45) is 0. The van der Waals surface area contributed by atoms with E-state index in [-0.39, 0.29) is 6.61 Å². The van der Waals surface area contributed by atoms with E-state index < -0.39 is 5.97 Å². The molecule has 96 valence electrons. The molecule has 4 nitrogen and oxygen atoms in total. The molecule has 0 saturated heterocycles. The van der Waals surface area contributed by atoms with Crippen molar-refractivity contribution in [2.45, 2.75) is 13.5 Å². The number of rotatable bonds is 5. The zero-order chi connectivity index (χ0) is 13.2. The Morgan fingerprint density at radius 2 is 2.00 bits per heavy atom. The summed E-state index contributed by atoms with van der Waals surface area (Å²) in [7, 11) is 1.62. The van der Waals surface area contributed by atoms with Gasteiger partial charge < -0.3 is 14.2 Å². The number of hydrogen-bond donors (Lipinski definition) is 0. The predicted octanol–water partition coefficient (Wildman–Crippen LogP) is 1.78. The molecule has 4 heteroatoms. The van der Waals surface area contributed by atoms with E-state index in [4.69, 9.17) is 9.47 Å². The number of esters is 1. The smallest absolute Gasteiger partial charge is 0.384 e. The zero-order valence-corrected chi connectivity index (χ0v) is 10.6. The van der Waals surface area contributed by atoms with Crippen LogP contribution < -0.4 is 4.74 Å². The Morgan fingerprint density at radius 3 is 2.61 bits per heavy atom. The van der Waals surface area contributed by atoms with Crippen LogP contribution in [0.2, 0.25) is 0 Å². The van der Waals surface area contributed by atoms with E-state index in [9.17, 15) is 4.79 Å². The Kier molecular flexibility index (Phi) is 6.37. The molecule has 0 bridgehead atoms. The maximum Gasteiger partial charge on any atom is 0.384 e. The summed E-state index contributed by atoms with van der Waals surface area (Å²) in [5, 5.41) is 0. The molecule has 0 aliphatic rings. The van der Waals surface area contributed by atoms with Crippen LogP contribution in [0.1, 0.15) is 12.5 Å². The molecule has 0 N–H and O–H groups in total. The SMILES string of the molecule is CCOC(=O)C#CCOCc1ccc(OC)cc1. The predicted molar refractivity (Wildman–Crippen MR) is 67.1 cm³/mol. The van der Waals surface area contributed by atoms with Crippen LogP contribution in [0.25, 0.3) is 0 Å². The van der Waals surface area contributed by atoms with Crippen molar-refractivity contribution in [2.75, 3.05) is 20.3 Å². The highest BCUT2D eigenvalue weighted by Gasteiger charge is 1.94. The van der Waals surface area contributed by atoms with Gasteiger partial charge in [0.25, 0.3) is 0 Å². The molecule has 0 fully saturated rings. The third-order valence-electron chi connectivity index (χ3n) is 2.07. The average molecular weight is 248 g/mol. The number of carbonyl (C=O) groups excluding carboxylic acids is 1. The maximum atomic E-state index is 10.9. The lowest BCUT2D eigenvalue weighted by atomic mass is 10.2. The molecule has 18 heavy (non-hydrogen) atoms. The van der Waals surface area contributed by atoms with E-state index in [0.717, 1.165) is 11.3 Å². The van der Waals surface area contributed by atoms with Crippen molar-refractivity contribution in [1.29, 1.82) is 0 Å². The molecule has 0 aliphatic heterocycles. The number of hydrogen-bond acceptors (Lipinski definition) is 4. The van der Waals surface area contributed by atoms with E-state index >= 15 is 0 Å². The van der Waals surface area contributed by atoms with Crippen LogP contribution >= 0.6 is 0 Å². The van der Waals surface area contributed by atoms with E-state index in [1.54, 1.807) is 14.0 Å². The molecule has 1 aromatic rings. The van der Waals surface area contributed by atoms with Gasteiger partial charge in [0.1, 0.15) is 12.4 Å². The highest BCUT2D eigenvalue weighted by molar-refractivity contribution is 5.88. The molecule has 0 aromatic heterocycles. The summed E-state index contributed by atoms with van der Waals surface area (Å²) >= 11 is 0. The molecule has 0 aliphatic carbocycles. The van der Waals surface area contributed by atoms with Gasteiger partial charge in [0.2, 0.25) is 0 Å². The Balaban J connectivity index is 2.26. The average Bonchev–Trinajstić information content (AvgIpc) is 2.39. The Hall–Kier alpha value is -1.99. The molecule has 1 rings (SSSR count). The van der Waals surface area contributed by atoms with Gasteiger partial charge in [-0.15, -0.1) is 0 Å². The van der Waals surface area contributed by atoms with Gasteiger partial charge in [-0.1, -0.05) is 18.1 Å². The number of benzene rings is 1. The van der Waals surface area contributed by atoms with E-state index in [1.165, 1.54) is 0 Å². The lowest BCUT2D eigenvalue weighted by Gasteiger charge is -2.02. The van der Waals surface area contributed by atoms with Crippen LogP contribution in [0.4, 0.5) is 0 Å². The van der Waals surface area contributed by atoms with E-state index in [1.807, 2.05) is 24.3 Å². The van der Waals surface area contributed by atoms with Crippen LogP contribution in [0.3, 0.4) is 0 Å². The largest absolute Gasteiger partial charge is 0.497 e. The summed E-state index contributed by atoms with van der Waals surface area (Å²) in [6.45, 7) is 2.71. The number of carbonyl (C=O) groups is 1. The molecular weight excluding hydrogens is 232 g/mol. The summed E-state index contributed by atoms with van der Waals surface area (Å²) < 4.78 is 15.0. The first kappa shape index (κ1) is 14.1. The molecule has 0 unspecified atom stereocenters. The quantitative estimate of drug-likeness (QED) is 0.345. The van der Waals surface area contributed by atoms with Gasteiger partial charge in [0, 0.05) is 5.92 Å². The summed E-state index contributed by atoms with van der Waals surface area (Å²) in [6, 6.07) is 7.56. The van der Waals surface area contributed by atoms with Gasteiger partial charge in [0.05, 0.1) is 20.3 Å². The Morgan fingerprint density at radius 1 is 1.28 bits per heavy atom. The first-order valence-corrected chi connectivity index (χ1v) is 5.62. The zero-order valence-electron chi connectivity index (χ0n) is 10.6. The topological polar surface area (TPSA) is 44.8 Å². The van der Waals surface area contributed by atoms with Crippen molar-refractivity contribution in [2.24, 2.45) is 0 Å². The number of ether oxygens (including phenoxy) is 3. The van der Waals surface area contributed by atoms with Crippen molar-refractivity contribution in [3.63, 3.8) is 0 Å². The molecule has 0 radical (unpaired) electrons. The lowest BCUT2D eigenvalue weighted by Crippen LogP contribution is -2.00. The first-order valence-electron chi connectivity index (χ1n) is 5.62. The molecule has 1 aromatic carbocycles. The van der Waals surface area contributed by atoms with Gasteiger partial charge in [0.15, 0.2) is 0 Å². The Bertz CT molecular complexity index is 425. The van der Waals surface area contributed by atoms with Crippen molar-refractivity contribution < 1.29 is 19.0 Å². The van der Waals surface area contributed by atoms with E-state index in [2.05, 4.69) is 16.6 Å². The summed E-state index contributed by atoms with van der Waals surface area (Å²) in [4.78, 5) is 10.9. The third-order valence-corrected chi connectivity index (χ3v) is 2.07. The van der Waals surface area contributed by atoms with Gasteiger partial charge in [-0.05, 0) is 24.6 Å². The van der Waals surface area contributed by atoms with Crippen LogP contribution in [-0.2, 0) is 20.9 Å². The van der Waals surface area contributed by atoms with Crippen molar-refractivity contribution in [1.82, 2.24) is 0 Å². The highest BCUT2D eigenvalue weighted by atomic mass is 16.5. The molecule has 0 amide bonds. The van der Waals surface area contributed by atoms with Crippen LogP contribution in [0.15, 0.2) is 24.3 Å². The van der Waals surface area contributed by atoms with Crippen molar-refractivity contribution in [3.8, 4) is 17.6 Å². The summed E-state index contributed by atoms with van der Waals surface area (Å²) in [5.41, 5.74) is 1.02. The van der Waals surface area contributed by atoms with Gasteiger partial charge in [-0.3, -0.25) is 0 Å². The van der Waals surface area contributed by atoms with Gasteiger partial charge >= 0.3 is 5.97 Å². The van der Waals surface area contributed by atoms with Crippen molar-refractivity contribution >= 4 is 5.97 Å². The minimum absolute atomic E-state index is 0.199. The fraction of sp³-hybridized carbons (Fsp3) is 0.357. The fourth-order valence-electron chi connectivity index (χ4n) is 1.22.